The van der Waals surface area contributed by atoms with E-state index >= 15 is 0 Å². The molecule has 104 valence electrons. The molecule has 0 fully saturated rings. The van der Waals surface area contributed by atoms with Crippen LogP contribution in [-0.2, 0) is 10.0 Å². The fraction of sp³-hybridized carbons (Fsp3) is 0. The van der Waals surface area contributed by atoms with Gasteiger partial charge in [-0.3, -0.25) is 0 Å². The molecule has 7 nitrogen and oxygen atoms in total. The van der Waals surface area contributed by atoms with Gasteiger partial charge in [-0.25, -0.2) is 18.1 Å². The van der Waals surface area contributed by atoms with Crippen molar-refractivity contribution in [1.82, 2.24) is 15.2 Å². The minimum atomic E-state index is -3.96. The summed E-state index contributed by atoms with van der Waals surface area (Å²) in [5, 5.41) is 7.08. The third kappa shape index (κ3) is 3.18. The van der Waals surface area contributed by atoms with Crippen molar-refractivity contribution in [3.8, 4) is 0 Å². The van der Waals surface area contributed by atoms with E-state index in [4.69, 9.17) is 29.6 Å². The van der Waals surface area contributed by atoms with E-state index in [2.05, 4.69) is 19.9 Å². The second kappa shape index (κ2) is 5.65. The zero-order chi connectivity index (χ0) is 14.8. The van der Waals surface area contributed by atoms with Gasteiger partial charge in [0.25, 0.3) is 16.0 Å². The lowest BCUT2D eigenvalue weighted by molar-refractivity contribution is 0.600. The van der Waals surface area contributed by atoms with E-state index in [1.54, 1.807) is 0 Å². The van der Waals surface area contributed by atoms with Crippen molar-refractivity contribution in [2.75, 3.05) is 4.72 Å². The first-order valence-electron chi connectivity index (χ1n) is 5.16. The van der Waals surface area contributed by atoms with Crippen LogP contribution in [0.15, 0.2) is 35.5 Å². The molecular weight excluding hydrogens is 322 g/mol. The fourth-order valence-corrected chi connectivity index (χ4v) is 2.93. The number of nitrogens with zero attached hydrogens (tertiary/aromatic N) is 3. The standard InChI is InChI=1S/C10H8ClN5O2S2/c11-7-2-1-6(9(12)19)5-8(7)20(17,18)16-10-13-3-4-14-15-10/h1-5H,(H2,12,19)(H,13,15,16). The predicted molar refractivity (Wildman–Crippen MR) is 78.0 cm³/mol. The number of aromatic nitrogens is 3. The molecule has 1 aromatic heterocycles. The zero-order valence-electron chi connectivity index (χ0n) is 9.82. The summed E-state index contributed by atoms with van der Waals surface area (Å²) in [4.78, 5) is 3.62. The second-order valence-electron chi connectivity index (χ2n) is 3.58. The highest BCUT2D eigenvalue weighted by Crippen LogP contribution is 2.24. The number of nitrogens with two attached hydrogens (primary N) is 1. The van der Waals surface area contributed by atoms with Gasteiger partial charge in [0.15, 0.2) is 0 Å². The molecule has 0 aliphatic carbocycles. The number of benzene rings is 1. The summed E-state index contributed by atoms with van der Waals surface area (Å²) in [6.07, 6.45) is 2.62. The molecule has 1 heterocycles. The summed E-state index contributed by atoms with van der Waals surface area (Å²) >= 11 is 10.7. The molecule has 10 heteroatoms. The number of sulfonamides is 1. The molecular formula is C10H8ClN5O2S2. The molecule has 2 rings (SSSR count). The summed E-state index contributed by atoms with van der Waals surface area (Å²) in [5.41, 5.74) is 5.85. The lowest BCUT2D eigenvalue weighted by Crippen LogP contribution is -2.17. The molecule has 20 heavy (non-hydrogen) atoms. The van der Waals surface area contributed by atoms with E-state index < -0.39 is 10.0 Å². The van der Waals surface area contributed by atoms with Crippen molar-refractivity contribution in [2.45, 2.75) is 4.90 Å². The minimum absolute atomic E-state index is 0.0291. The normalized spacial score (nSPS) is 11.1. The smallest absolute Gasteiger partial charge is 0.265 e. The van der Waals surface area contributed by atoms with Crippen LogP contribution >= 0.6 is 23.8 Å². The first-order chi connectivity index (χ1) is 9.40. The molecule has 0 spiro atoms. The van der Waals surface area contributed by atoms with Crippen LogP contribution in [0.5, 0.6) is 0 Å². The molecule has 0 saturated carbocycles. The molecule has 0 radical (unpaired) electrons. The van der Waals surface area contributed by atoms with Crippen LogP contribution in [0.25, 0.3) is 0 Å². The van der Waals surface area contributed by atoms with Gasteiger partial charge < -0.3 is 5.73 Å². The van der Waals surface area contributed by atoms with Crippen molar-refractivity contribution in [1.29, 1.82) is 0 Å². The Morgan fingerprint density at radius 3 is 2.70 bits per heavy atom. The van der Waals surface area contributed by atoms with Crippen LogP contribution in [0.4, 0.5) is 5.95 Å². The minimum Gasteiger partial charge on any atom is -0.389 e. The van der Waals surface area contributed by atoms with Gasteiger partial charge in [0.1, 0.15) is 9.88 Å². The van der Waals surface area contributed by atoms with Gasteiger partial charge in [0.05, 0.1) is 17.4 Å². The highest BCUT2D eigenvalue weighted by atomic mass is 35.5. The Morgan fingerprint density at radius 2 is 2.10 bits per heavy atom. The molecule has 2 aromatic rings. The number of rotatable bonds is 4. The molecule has 3 N–H and O–H groups in total. The van der Waals surface area contributed by atoms with Gasteiger partial charge in [-0.05, 0) is 12.1 Å². The van der Waals surface area contributed by atoms with Gasteiger partial charge in [0, 0.05) is 5.56 Å². The summed E-state index contributed by atoms with van der Waals surface area (Å²) in [7, 11) is -3.96. The van der Waals surface area contributed by atoms with Crippen molar-refractivity contribution in [2.24, 2.45) is 5.73 Å². The number of thiocarbonyl (C=S) groups is 1. The lowest BCUT2D eigenvalue weighted by Gasteiger charge is -2.09. The lowest BCUT2D eigenvalue weighted by atomic mass is 10.2. The van der Waals surface area contributed by atoms with Gasteiger partial charge in [-0.15, -0.1) is 5.10 Å². The highest BCUT2D eigenvalue weighted by molar-refractivity contribution is 7.92. The van der Waals surface area contributed by atoms with Crippen LogP contribution in [0, 0.1) is 0 Å². The maximum atomic E-state index is 12.2. The zero-order valence-corrected chi connectivity index (χ0v) is 12.2. The maximum Gasteiger partial charge on any atom is 0.265 e. The molecule has 1 aromatic carbocycles. The molecule has 0 saturated heterocycles. The molecule has 0 aliphatic rings. The van der Waals surface area contributed by atoms with Crippen molar-refractivity contribution in [3.05, 3.63) is 41.2 Å². The Morgan fingerprint density at radius 1 is 1.35 bits per heavy atom. The molecule has 0 aliphatic heterocycles. The Balaban J connectivity index is 2.44. The second-order valence-corrected chi connectivity index (χ2v) is 6.08. The van der Waals surface area contributed by atoms with Gasteiger partial charge in [0.2, 0.25) is 0 Å². The van der Waals surface area contributed by atoms with Crippen molar-refractivity contribution >= 4 is 44.8 Å². The van der Waals surface area contributed by atoms with Crippen LogP contribution in [0.1, 0.15) is 5.56 Å². The first kappa shape index (κ1) is 14.6. The SMILES string of the molecule is NC(=S)c1ccc(Cl)c(S(=O)(=O)Nc2nccnn2)c1. The van der Waals surface area contributed by atoms with E-state index in [9.17, 15) is 8.42 Å². The fourth-order valence-electron chi connectivity index (χ4n) is 1.33. The maximum absolute atomic E-state index is 12.2. The average Bonchev–Trinajstić information content (AvgIpc) is 2.39. The average molecular weight is 330 g/mol. The highest BCUT2D eigenvalue weighted by Gasteiger charge is 2.20. The van der Waals surface area contributed by atoms with Gasteiger partial charge in [-0.2, -0.15) is 5.10 Å². The number of halogens is 1. The molecule has 0 bridgehead atoms. The predicted octanol–water partition coefficient (Wildman–Crippen LogP) is 0.960. The third-order valence-electron chi connectivity index (χ3n) is 2.21. The summed E-state index contributed by atoms with van der Waals surface area (Å²) in [5.74, 6) is -0.163. The monoisotopic (exact) mass is 329 g/mol. The molecule has 0 atom stereocenters. The van der Waals surface area contributed by atoms with E-state index in [0.29, 0.717) is 5.56 Å². The number of nitrogens with one attached hydrogen (secondary N) is 1. The van der Waals surface area contributed by atoms with Crippen molar-refractivity contribution in [3.63, 3.8) is 0 Å². The van der Waals surface area contributed by atoms with E-state index in [0.717, 1.165) is 0 Å². The summed E-state index contributed by atoms with van der Waals surface area (Å²) in [6, 6.07) is 4.21. The Labute approximate surface area is 125 Å². The van der Waals surface area contributed by atoms with Gasteiger partial charge in [-0.1, -0.05) is 29.9 Å². The van der Waals surface area contributed by atoms with Gasteiger partial charge >= 0.3 is 0 Å². The molecule has 0 amide bonds. The van der Waals surface area contributed by atoms with Crippen molar-refractivity contribution < 1.29 is 8.42 Å². The van der Waals surface area contributed by atoms with Crippen LogP contribution in [0.3, 0.4) is 0 Å². The third-order valence-corrected chi connectivity index (χ3v) is 4.26. The quantitative estimate of drug-likeness (QED) is 0.803. The summed E-state index contributed by atoms with van der Waals surface area (Å²) in [6.45, 7) is 0. The van der Waals surface area contributed by atoms with Crippen LogP contribution in [-0.4, -0.2) is 28.6 Å². The number of hydrogen-bond donors (Lipinski definition) is 2. The molecule has 0 unspecified atom stereocenters. The van der Waals surface area contributed by atoms with Crippen LogP contribution < -0.4 is 10.5 Å². The Hall–Kier alpha value is -1.84. The number of hydrogen-bond acceptors (Lipinski definition) is 6. The van der Waals surface area contributed by atoms with E-state index in [1.165, 1.54) is 30.6 Å². The van der Waals surface area contributed by atoms with Crippen LogP contribution in [0.2, 0.25) is 5.02 Å². The first-order valence-corrected chi connectivity index (χ1v) is 7.43. The Bertz CT molecular complexity index is 751. The topological polar surface area (TPSA) is 111 Å². The largest absolute Gasteiger partial charge is 0.389 e. The van der Waals surface area contributed by atoms with E-state index in [-0.39, 0.29) is 20.9 Å². The summed E-state index contributed by atoms with van der Waals surface area (Å²) < 4.78 is 26.6. The Kier molecular flexibility index (Phi) is 4.12. The van der Waals surface area contributed by atoms with E-state index in [1.807, 2.05) is 0 Å². The number of anilines is 1.